The second-order valence-corrected chi connectivity index (χ2v) is 5.74. The van der Waals surface area contributed by atoms with Crippen molar-refractivity contribution in [2.24, 2.45) is 5.92 Å². The smallest absolute Gasteiger partial charge is 0.203 e. The van der Waals surface area contributed by atoms with Gasteiger partial charge in [-0.05, 0) is 48.7 Å². The van der Waals surface area contributed by atoms with Crippen LogP contribution in [0.5, 0.6) is 5.75 Å². The molecule has 3 rings (SSSR count). The minimum absolute atomic E-state index is 0.614. The van der Waals surface area contributed by atoms with Crippen molar-refractivity contribution < 1.29 is 4.74 Å². The first kappa shape index (κ1) is 14.4. The van der Waals surface area contributed by atoms with Crippen LogP contribution in [0.15, 0.2) is 42.6 Å². The van der Waals surface area contributed by atoms with Crippen molar-refractivity contribution in [1.82, 2.24) is 14.6 Å². The molecule has 5 nitrogen and oxygen atoms in total. The molecule has 114 valence electrons. The molecule has 0 aliphatic rings. The average molecular weight is 296 g/mol. The summed E-state index contributed by atoms with van der Waals surface area (Å²) in [6.07, 6.45) is 2.95. The normalized spacial score (nSPS) is 11.2. The monoisotopic (exact) mass is 296 g/mol. The van der Waals surface area contributed by atoms with Crippen molar-refractivity contribution >= 4 is 11.3 Å². The van der Waals surface area contributed by atoms with Crippen LogP contribution in [0.4, 0.5) is 5.69 Å². The maximum absolute atomic E-state index is 5.86. The molecule has 2 heterocycles. The van der Waals surface area contributed by atoms with E-state index >= 15 is 0 Å². The maximum atomic E-state index is 5.86. The highest BCUT2D eigenvalue weighted by Crippen LogP contribution is 2.24. The summed E-state index contributed by atoms with van der Waals surface area (Å²) in [4.78, 5) is 0. The predicted octanol–water partition coefficient (Wildman–Crippen LogP) is 3.40. The molecule has 0 amide bonds. The number of aromatic nitrogens is 3. The fourth-order valence-corrected chi connectivity index (χ4v) is 2.24. The summed E-state index contributed by atoms with van der Waals surface area (Å²) in [7, 11) is 0. The summed E-state index contributed by atoms with van der Waals surface area (Å²) >= 11 is 0. The number of pyridine rings is 1. The van der Waals surface area contributed by atoms with E-state index in [-0.39, 0.29) is 0 Å². The van der Waals surface area contributed by atoms with E-state index in [9.17, 15) is 0 Å². The molecule has 5 heteroatoms. The Balaban J connectivity index is 1.93. The van der Waals surface area contributed by atoms with Gasteiger partial charge in [0.15, 0.2) is 11.6 Å². The Kier molecular flexibility index (Phi) is 3.96. The van der Waals surface area contributed by atoms with Gasteiger partial charge in [-0.15, -0.1) is 10.2 Å². The summed E-state index contributed by atoms with van der Waals surface area (Å²) in [6.45, 7) is 5.04. The lowest BCUT2D eigenvalue weighted by atomic mass is 10.1. The molecule has 0 saturated carbocycles. The highest BCUT2D eigenvalue weighted by atomic mass is 16.5. The molecule has 0 bridgehead atoms. The van der Waals surface area contributed by atoms with Crippen LogP contribution in [-0.2, 0) is 0 Å². The van der Waals surface area contributed by atoms with Gasteiger partial charge < -0.3 is 10.5 Å². The lowest BCUT2D eigenvalue weighted by molar-refractivity contribution is 0.291. The molecule has 0 aliphatic carbocycles. The first-order valence-electron chi connectivity index (χ1n) is 7.47. The summed E-state index contributed by atoms with van der Waals surface area (Å²) in [5.74, 6) is 2.16. The Morgan fingerprint density at radius 2 is 1.91 bits per heavy atom. The second kappa shape index (κ2) is 6.05. The van der Waals surface area contributed by atoms with Gasteiger partial charge >= 0.3 is 0 Å². The van der Waals surface area contributed by atoms with E-state index in [1.807, 2.05) is 47.0 Å². The van der Waals surface area contributed by atoms with Crippen LogP contribution < -0.4 is 10.5 Å². The lowest BCUT2D eigenvalue weighted by Crippen LogP contribution is -2.02. The van der Waals surface area contributed by atoms with E-state index < -0.39 is 0 Å². The van der Waals surface area contributed by atoms with Gasteiger partial charge in [-0.1, -0.05) is 13.8 Å². The highest BCUT2D eigenvalue weighted by Gasteiger charge is 2.11. The fraction of sp³-hybridized carbons (Fsp3) is 0.294. The Labute approximate surface area is 129 Å². The van der Waals surface area contributed by atoms with Gasteiger partial charge in [0.05, 0.1) is 6.61 Å². The van der Waals surface area contributed by atoms with Crippen molar-refractivity contribution in [3.05, 3.63) is 42.6 Å². The molecule has 0 aliphatic heterocycles. The third-order valence-electron chi connectivity index (χ3n) is 3.52. The van der Waals surface area contributed by atoms with Crippen LogP contribution in [0.1, 0.15) is 20.3 Å². The van der Waals surface area contributed by atoms with Gasteiger partial charge in [0, 0.05) is 17.4 Å². The van der Waals surface area contributed by atoms with Crippen LogP contribution in [-0.4, -0.2) is 21.2 Å². The van der Waals surface area contributed by atoms with Crippen LogP contribution >= 0.6 is 0 Å². The lowest BCUT2D eigenvalue weighted by Gasteiger charge is -2.09. The minimum Gasteiger partial charge on any atom is -0.490 e. The fourth-order valence-electron chi connectivity index (χ4n) is 2.24. The number of nitrogens with two attached hydrogens (primary N) is 1. The number of hydrogen-bond donors (Lipinski definition) is 1. The molecule has 2 N–H and O–H groups in total. The van der Waals surface area contributed by atoms with Crippen molar-refractivity contribution in [3.63, 3.8) is 0 Å². The molecule has 3 aromatic rings. The molecule has 0 radical (unpaired) electrons. The van der Waals surface area contributed by atoms with Gasteiger partial charge in [-0.3, -0.25) is 4.40 Å². The zero-order valence-corrected chi connectivity index (χ0v) is 12.9. The van der Waals surface area contributed by atoms with Crippen molar-refractivity contribution in [2.75, 3.05) is 12.3 Å². The van der Waals surface area contributed by atoms with Crippen molar-refractivity contribution in [3.8, 4) is 17.1 Å². The Hall–Kier alpha value is -2.56. The summed E-state index contributed by atoms with van der Waals surface area (Å²) in [5.41, 5.74) is 8.17. The van der Waals surface area contributed by atoms with Crippen LogP contribution in [0.25, 0.3) is 17.0 Å². The molecular formula is C17H20N4O. The molecule has 0 saturated heterocycles. The Morgan fingerprint density at radius 1 is 1.14 bits per heavy atom. The van der Waals surface area contributed by atoms with E-state index in [1.54, 1.807) is 0 Å². The molecule has 0 spiro atoms. The molecule has 22 heavy (non-hydrogen) atoms. The maximum Gasteiger partial charge on any atom is 0.203 e. The number of anilines is 1. The summed E-state index contributed by atoms with van der Waals surface area (Å²) in [6, 6.07) is 11.5. The number of fused-ring (bicyclic) bond motifs is 1. The van der Waals surface area contributed by atoms with Gasteiger partial charge in [0.2, 0.25) is 5.65 Å². The Morgan fingerprint density at radius 3 is 2.64 bits per heavy atom. The standard InChI is InChI=1S/C17H20N4O/c1-12(2)9-11-22-15-4-3-10-21-16(19-20-17(15)21)13-5-7-14(18)8-6-13/h3-8,10,12H,9,11,18H2,1-2H3. The van der Waals surface area contributed by atoms with E-state index in [0.717, 1.165) is 34.9 Å². The molecule has 2 aromatic heterocycles. The zero-order chi connectivity index (χ0) is 15.5. The zero-order valence-electron chi connectivity index (χ0n) is 12.9. The van der Waals surface area contributed by atoms with Crippen LogP contribution in [0, 0.1) is 5.92 Å². The molecule has 0 fully saturated rings. The van der Waals surface area contributed by atoms with Gasteiger partial charge in [0.1, 0.15) is 0 Å². The number of hydrogen-bond acceptors (Lipinski definition) is 4. The first-order chi connectivity index (χ1) is 10.6. The largest absolute Gasteiger partial charge is 0.490 e. The van der Waals surface area contributed by atoms with Gasteiger partial charge in [0.25, 0.3) is 0 Å². The predicted molar refractivity (Wildman–Crippen MR) is 87.8 cm³/mol. The van der Waals surface area contributed by atoms with Crippen LogP contribution in [0.2, 0.25) is 0 Å². The summed E-state index contributed by atoms with van der Waals surface area (Å²) in [5, 5.41) is 8.56. The molecule has 0 unspecified atom stereocenters. The number of benzene rings is 1. The van der Waals surface area contributed by atoms with Crippen molar-refractivity contribution in [1.29, 1.82) is 0 Å². The van der Waals surface area contributed by atoms with E-state index in [4.69, 9.17) is 10.5 Å². The highest BCUT2D eigenvalue weighted by molar-refractivity contribution is 5.64. The first-order valence-corrected chi connectivity index (χ1v) is 7.47. The second-order valence-electron chi connectivity index (χ2n) is 5.74. The SMILES string of the molecule is CC(C)CCOc1cccn2c(-c3ccc(N)cc3)nnc12. The number of rotatable bonds is 5. The quantitative estimate of drug-likeness (QED) is 0.733. The topological polar surface area (TPSA) is 65.4 Å². The molecule has 1 aromatic carbocycles. The Bertz CT molecular complexity index is 762. The molecule has 0 atom stereocenters. The van der Waals surface area contributed by atoms with E-state index in [1.165, 1.54) is 0 Å². The van der Waals surface area contributed by atoms with Crippen LogP contribution in [0.3, 0.4) is 0 Å². The third-order valence-corrected chi connectivity index (χ3v) is 3.52. The number of ether oxygens (including phenoxy) is 1. The minimum atomic E-state index is 0.614. The average Bonchev–Trinajstić information content (AvgIpc) is 2.92. The number of nitrogens with zero attached hydrogens (tertiary/aromatic N) is 3. The van der Waals surface area contributed by atoms with Gasteiger partial charge in [-0.2, -0.15) is 0 Å². The summed E-state index contributed by atoms with van der Waals surface area (Å²) < 4.78 is 7.80. The number of nitrogen functional groups attached to an aromatic ring is 1. The third kappa shape index (κ3) is 2.88. The van der Waals surface area contributed by atoms with Crippen molar-refractivity contribution in [2.45, 2.75) is 20.3 Å². The van der Waals surface area contributed by atoms with E-state index in [2.05, 4.69) is 24.0 Å². The molecular weight excluding hydrogens is 276 g/mol. The van der Waals surface area contributed by atoms with Gasteiger partial charge in [-0.25, -0.2) is 0 Å². The van der Waals surface area contributed by atoms with E-state index in [0.29, 0.717) is 12.5 Å².